The molecule has 148 valence electrons. The van der Waals surface area contributed by atoms with Crippen LogP contribution in [0.25, 0.3) is 6.08 Å². The lowest BCUT2D eigenvalue weighted by Crippen LogP contribution is -2.24. The summed E-state index contributed by atoms with van der Waals surface area (Å²) >= 11 is 12.1. The minimum atomic E-state index is -0.448. The minimum Gasteiger partial charge on any atom is -0.493 e. The normalized spacial score (nSPS) is 10.6. The lowest BCUT2D eigenvalue weighted by atomic mass is 10.1. The Morgan fingerprint density at radius 1 is 1.07 bits per heavy atom. The van der Waals surface area contributed by atoms with Gasteiger partial charge < -0.3 is 19.7 Å². The number of hydrogen-bond acceptors (Lipinski definition) is 4. The van der Waals surface area contributed by atoms with Crippen molar-refractivity contribution in [2.45, 2.75) is 0 Å². The van der Waals surface area contributed by atoms with E-state index in [9.17, 15) is 9.59 Å². The molecule has 2 aromatic rings. The molecule has 0 aliphatic heterocycles. The van der Waals surface area contributed by atoms with Gasteiger partial charge in [0.05, 0.1) is 35.5 Å². The summed E-state index contributed by atoms with van der Waals surface area (Å²) in [4.78, 5) is 26.3. The molecule has 0 aliphatic carbocycles. The molecule has 0 atom stereocenters. The van der Waals surface area contributed by atoms with E-state index in [-0.39, 0.29) is 11.5 Å². The Balaban J connectivity index is 2.35. The van der Waals surface area contributed by atoms with E-state index in [1.807, 2.05) is 0 Å². The van der Waals surface area contributed by atoms with Gasteiger partial charge >= 0.3 is 0 Å². The number of rotatable bonds is 6. The van der Waals surface area contributed by atoms with Crippen LogP contribution >= 0.6 is 23.2 Å². The van der Waals surface area contributed by atoms with Crippen molar-refractivity contribution in [2.75, 3.05) is 33.6 Å². The molecule has 0 aromatic heterocycles. The van der Waals surface area contributed by atoms with Gasteiger partial charge in [-0.25, -0.2) is 0 Å². The zero-order valence-corrected chi connectivity index (χ0v) is 17.4. The van der Waals surface area contributed by atoms with E-state index < -0.39 is 5.91 Å². The number of benzene rings is 2. The monoisotopic (exact) mass is 422 g/mol. The summed E-state index contributed by atoms with van der Waals surface area (Å²) in [5.74, 6) is 0.0242. The van der Waals surface area contributed by atoms with Gasteiger partial charge in [0.15, 0.2) is 11.5 Å². The first-order chi connectivity index (χ1) is 13.3. The molecule has 0 saturated heterocycles. The van der Waals surface area contributed by atoms with Crippen molar-refractivity contribution in [1.82, 2.24) is 4.90 Å². The van der Waals surface area contributed by atoms with Crippen molar-refractivity contribution in [2.24, 2.45) is 0 Å². The molecule has 0 fully saturated rings. The largest absolute Gasteiger partial charge is 0.493 e. The van der Waals surface area contributed by atoms with Crippen LogP contribution in [0.3, 0.4) is 0 Å². The van der Waals surface area contributed by atoms with Crippen molar-refractivity contribution in [3.8, 4) is 11.5 Å². The maximum Gasteiger partial charge on any atom is 0.255 e. The van der Waals surface area contributed by atoms with Crippen LogP contribution in [0, 0.1) is 0 Å². The predicted molar refractivity (Wildman–Crippen MR) is 112 cm³/mol. The minimum absolute atomic E-state index is 0.269. The van der Waals surface area contributed by atoms with E-state index in [0.717, 1.165) is 0 Å². The van der Waals surface area contributed by atoms with E-state index in [0.29, 0.717) is 32.8 Å². The van der Waals surface area contributed by atoms with Gasteiger partial charge in [-0.15, -0.1) is 0 Å². The van der Waals surface area contributed by atoms with Gasteiger partial charge in [0.1, 0.15) is 0 Å². The number of amides is 2. The van der Waals surface area contributed by atoms with Gasteiger partial charge in [0.25, 0.3) is 5.91 Å². The summed E-state index contributed by atoms with van der Waals surface area (Å²) < 4.78 is 10.5. The molecule has 2 aromatic carbocycles. The summed E-state index contributed by atoms with van der Waals surface area (Å²) in [6.45, 7) is 0. The Kier molecular flexibility index (Phi) is 7.31. The van der Waals surface area contributed by atoms with E-state index >= 15 is 0 Å². The fourth-order valence-electron chi connectivity index (χ4n) is 2.39. The van der Waals surface area contributed by atoms with Crippen LogP contribution < -0.4 is 14.8 Å². The molecule has 0 unspecified atom stereocenters. The van der Waals surface area contributed by atoms with Crippen LogP contribution in [0.5, 0.6) is 11.5 Å². The highest BCUT2D eigenvalue weighted by Gasteiger charge is 2.19. The first kappa shape index (κ1) is 21.6. The molecular weight excluding hydrogens is 403 g/mol. The Bertz CT molecular complexity index is 927. The average Bonchev–Trinajstić information content (AvgIpc) is 2.68. The Labute approximate surface area is 173 Å². The van der Waals surface area contributed by atoms with Gasteiger partial charge in [-0.2, -0.15) is 0 Å². The summed E-state index contributed by atoms with van der Waals surface area (Å²) in [5.41, 5.74) is 1.16. The number of carbonyl (C=O) groups excluding carboxylic acids is 2. The molecule has 1 N–H and O–H groups in total. The molecule has 0 radical (unpaired) electrons. The van der Waals surface area contributed by atoms with Crippen molar-refractivity contribution < 1.29 is 19.1 Å². The zero-order valence-electron chi connectivity index (χ0n) is 15.9. The second-order valence-corrected chi connectivity index (χ2v) is 6.70. The Morgan fingerprint density at radius 3 is 2.32 bits per heavy atom. The Morgan fingerprint density at radius 2 is 1.71 bits per heavy atom. The van der Waals surface area contributed by atoms with Crippen LogP contribution in [0.2, 0.25) is 10.0 Å². The Hall–Kier alpha value is -2.70. The summed E-state index contributed by atoms with van der Waals surface area (Å²) in [6, 6.07) is 8.18. The zero-order chi connectivity index (χ0) is 20.8. The molecule has 0 saturated carbocycles. The lowest BCUT2D eigenvalue weighted by molar-refractivity contribution is -0.111. The fraction of sp³-hybridized carbons (Fsp3) is 0.200. The predicted octanol–water partition coefficient (Wildman–Crippen LogP) is 4.36. The molecule has 0 heterocycles. The number of ether oxygens (including phenoxy) is 2. The third kappa shape index (κ3) is 4.97. The molecular formula is C20H20Cl2N2O4. The maximum atomic E-state index is 12.5. The van der Waals surface area contributed by atoms with Crippen LogP contribution in [-0.2, 0) is 4.79 Å². The SMILES string of the molecule is COc1cc(NC(=O)/C=C/c2cccc(Cl)c2Cl)c(C(=O)N(C)C)cc1OC. The number of hydrogen-bond donors (Lipinski definition) is 1. The third-order valence-electron chi connectivity index (χ3n) is 3.81. The van der Waals surface area contributed by atoms with Crippen molar-refractivity contribution in [3.05, 3.63) is 57.6 Å². The summed E-state index contributed by atoms with van der Waals surface area (Å²) in [6.07, 6.45) is 2.84. The summed E-state index contributed by atoms with van der Waals surface area (Å²) in [5, 5.41) is 3.43. The quantitative estimate of drug-likeness (QED) is 0.701. The number of nitrogens with zero attached hydrogens (tertiary/aromatic N) is 1. The number of halogens is 2. The average molecular weight is 423 g/mol. The fourth-order valence-corrected chi connectivity index (χ4v) is 2.76. The molecule has 0 spiro atoms. The van der Waals surface area contributed by atoms with Gasteiger partial charge in [-0.1, -0.05) is 35.3 Å². The van der Waals surface area contributed by atoms with E-state index in [2.05, 4.69) is 5.32 Å². The van der Waals surface area contributed by atoms with Gasteiger partial charge in [-0.3, -0.25) is 9.59 Å². The second kappa shape index (κ2) is 9.48. The molecule has 2 amide bonds. The highest BCUT2D eigenvalue weighted by Crippen LogP contribution is 2.34. The molecule has 8 heteroatoms. The number of carbonyl (C=O) groups is 2. The maximum absolute atomic E-state index is 12.5. The third-order valence-corrected chi connectivity index (χ3v) is 4.65. The van der Waals surface area contributed by atoms with Crippen molar-refractivity contribution in [3.63, 3.8) is 0 Å². The van der Waals surface area contributed by atoms with Gasteiger partial charge in [0.2, 0.25) is 5.91 Å². The van der Waals surface area contributed by atoms with E-state index in [1.165, 1.54) is 43.4 Å². The first-order valence-corrected chi connectivity index (χ1v) is 8.94. The summed E-state index contributed by atoms with van der Waals surface area (Å²) in [7, 11) is 6.17. The second-order valence-electron chi connectivity index (χ2n) is 5.92. The highest BCUT2D eigenvalue weighted by atomic mass is 35.5. The number of anilines is 1. The van der Waals surface area contributed by atoms with Gasteiger partial charge in [0, 0.05) is 26.2 Å². The molecule has 0 bridgehead atoms. The van der Waals surface area contributed by atoms with Crippen LogP contribution in [-0.4, -0.2) is 45.0 Å². The molecule has 2 rings (SSSR count). The van der Waals surface area contributed by atoms with Crippen molar-refractivity contribution in [1.29, 1.82) is 0 Å². The van der Waals surface area contributed by atoms with Crippen LogP contribution in [0.1, 0.15) is 15.9 Å². The smallest absolute Gasteiger partial charge is 0.255 e. The van der Waals surface area contributed by atoms with Crippen LogP contribution in [0.15, 0.2) is 36.4 Å². The van der Waals surface area contributed by atoms with E-state index in [1.54, 1.807) is 32.3 Å². The molecule has 0 aliphatic rings. The standard InChI is InChI=1S/C20H20Cl2N2O4/c1-24(2)20(26)13-10-16(27-3)17(28-4)11-15(13)23-18(25)9-8-12-6-5-7-14(21)19(12)22/h5-11H,1-4H3,(H,23,25)/b9-8+. The first-order valence-electron chi connectivity index (χ1n) is 8.19. The van der Waals surface area contributed by atoms with Crippen molar-refractivity contribution >= 4 is 46.8 Å². The lowest BCUT2D eigenvalue weighted by Gasteiger charge is -2.17. The number of methoxy groups -OCH3 is 2. The number of nitrogens with one attached hydrogen (secondary N) is 1. The van der Waals surface area contributed by atoms with Gasteiger partial charge in [-0.05, 0) is 23.8 Å². The molecule has 28 heavy (non-hydrogen) atoms. The highest BCUT2D eigenvalue weighted by molar-refractivity contribution is 6.42. The van der Waals surface area contributed by atoms with E-state index in [4.69, 9.17) is 32.7 Å². The molecule has 6 nitrogen and oxygen atoms in total. The topological polar surface area (TPSA) is 67.9 Å². The van der Waals surface area contributed by atoms with Crippen LogP contribution in [0.4, 0.5) is 5.69 Å².